The van der Waals surface area contributed by atoms with Crippen LogP contribution in [-0.4, -0.2) is 25.1 Å². The second-order valence-corrected chi connectivity index (χ2v) is 7.36. The van der Waals surface area contributed by atoms with Gasteiger partial charge in [-0.05, 0) is 64.7 Å². The van der Waals surface area contributed by atoms with Crippen LogP contribution in [0.4, 0.5) is 5.69 Å². The summed E-state index contributed by atoms with van der Waals surface area (Å²) in [6, 6.07) is 10.4. The highest BCUT2D eigenvalue weighted by Gasteiger charge is 2.14. The summed E-state index contributed by atoms with van der Waals surface area (Å²) in [5.74, 6) is 0.0889. The Morgan fingerprint density at radius 1 is 1.19 bits per heavy atom. The maximum atomic E-state index is 12.2. The Balaban J connectivity index is 2.00. The van der Waals surface area contributed by atoms with Gasteiger partial charge in [-0.25, -0.2) is 4.79 Å². The van der Waals surface area contributed by atoms with E-state index in [-0.39, 0.29) is 29.7 Å². The first-order valence-electron chi connectivity index (χ1n) is 8.50. The normalized spacial score (nSPS) is 10.6. The minimum Gasteiger partial charge on any atom is -0.483 e. The fourth-order valence-electron chi connectivity index (χ4n) is 2.30. The predicted molar refractivity (Wildman–Crippen MR) is 110 cm³/mol. The number of esters is 1. The van der Waals surface area contributed by atoms with Crippen molar-refractivity contribution < 1.29 is 19.1 Å². The van der Waals surface area contributed by atoms with Crippen LogP contribution in [0.25, 0.3) is 0 Å². The number of carbonyl (C=O) groups is 2. The maximum Gasteiger partial charge on any atom is 0.339 e. The third-order valence-electron chi connectivity index (χ3n) is 3.73. The van der Waals surface area contributed by atoms with Gasteiger partial charge in [-0.3, -0.25) is 4.79 Å². The molecule has 0 bridgehead atoms. The molecule has 2 aromatic carbocycles. The van der Waals surface area contributed by atoms with E-state index < -0.39 is 5.97 Å². The van der Waals surface area contributed by atoms with Crippen LogP contribution >= 0.6 is 27.5 Å². The number of halogens is 2. The Labute approximate surface area is 172 Å². The largest absolute Gasteiger partial charge is 0.483 e. The Morgan fingerprint density at radius 2 is 1.93 bits per heavy atom. The van der Waals surface area contributed by atoms with Crippen LogP contribution in [0, 0.1) is 0 Å². The standard InChI is InChI=1S/C20H21BrClNO4/c1-4-26-20(25)15-10-14(6-7-17(15)22)23-19(24)11-27-18-8-5-13(12(2)3)9-16(18)21/h5-10,12H,4,11H2,1-3H3,(H,23,24). The molecule has 27 heavy (non-hydrogen) atoms. The molecule has 0 aromatic heterocycles. The Hall–Kier alpha value is -2.05. The summed E-state index contributed by atoms with van der Waals surface area (Å²) < 4.78 is 11.3. The zero-order valence-corrected chi connectivity index (χ0v) is 17.7. The highest BCUT2D eigenvalue weighted by molar-refractivity contribution is 9.10. The lowest BCUT2D eigenvalue weighted by Gasteiger charge is -2.12. The van der Waals surface area contributed by atoms with Crippen molar-refractivity contribution in [3.8, 4) is 5.75 Å². The Morgan fingerprint density at radius 3 is 2.56 bits per heavy atom. The molecule has 0 radical (unpaired) electrons. The number of ether oxygens (including phenoxy) is 2. The Kier molecular flexibility index (Phi) is 7.68. The van der Waals surface area contributed by atoms with E-state index in [2.05, 4.69) is 35.1 Å². The smallest absolute Gasteiger partial charge is 0.339 e. The first-order valence-corrected chi connectivity index (χ1v) is 9.67. The van der Waals surface area contributed by atoms with Crippen molar-refractivity contribution in [1.82, 2.24) is 0 Å². The lowest BCUT2D eigenvalue weighted by Crippen LogP contribution is -2.20. The lowest BCUT2D eigenvalue weighted by molar-refractivity contribution is -0.118. The topological polar surface area (TPSA) is 64.6 Å². The van der Waals surface area contributed by atoms with Gasteiger partial charge in [-0.15, -0.1) is 0 Å². The van der Waals surface area contributed by atoms with Gasteiger partial charge in [0.15, 0.2) is 6.61 Å². The average molecular weight is 455 g/mol. The van der Waals surface area contributed by atoms with Crippen molar-refractivity contribution in [3.63, 3.8) is 0 Å². The molecule has 2 aromatic rings. The van der Waals surface area contributed by atoms with Gasteiger partial charge in [0.2, 0.25) is 0 Å². The highest BCUT2D eigenvalue weighted by atomic mass is 79.9. The van der Waals surface area contributed by atoms with Crippen molar-refractivity contribution in [2.45, 2.75) is 26.7 Å². The third-order valence-corrected chi connectivity index (χ3v) is 4.68. The van der Waals surface area contributed by atoms with Crippen LogP contribution < -0.4 is 10.1 Å². The molecular formula is C20H21BrClNO4. The second-order valence-electron chi connectivity index (χ2n) is 6.10. The van der Waals surface area contributed by atoms with Gasteiger partial charge in [0.1, 0.15) is 5.75 Å². The molecule has 0 spiro atoms. The van der Waals surface area contributed by atoms with E-state index in [0.717, 1.165) is 4.47 Å². The predicted octanol–water partition coefficient (Wildman–Crippen LogP) is 5.42. The molecule has 0 atom stereocenters. The minimum atomic E-state index is -0.538. The summed E-state index contributed by atoms with van der Waals surface area (Å²) in [6.45, 7) is 5.99. The molecule has 0 saturated heterocycles. The van der Waals surface area contributed by atoms with E-state index >= 15 is 0 Å². The Bertz CT molecular complexity index is 839. The zero-order chi connectivity index (χ0) is 20.0. The van der Waals surface area contributed by atoms with Crippen molar-refractivity contribution in [2.75, 3.05) is 18.5 Å². The number of carbonyl (C=O) groups excluding carboxylic acids is 2. The second kappa shape index (κ2) is 9.76. The van der Waals surface area contributed by atoms with Crippen LogP contribution in [0.3, 0.4) is 0 Å². The molecule has 0 aliphatic rings. The van der Waals surface area contributed by atoms with Gasteiger partial charge >= 0.3 is 5.97 Å². The van der Waals surface area contributed by atoms with Gasteiger partial charge in [0.25, 0.3) is 5.91 Å². The molecule has 0 aliphatic heterocycles. The molecule has 1 amide bonds. The summed E-state index contributed by atoms with van der Waals surface area (Å²) in [5.41, 5.74) is 1.81. The first kappa shape index (κ1) is 21.3. The fourth-order valence-corrected chi connectivity index (χ4v) is 3.01. The number of anilines is 1. The molecule has 0 aliphatic carbocycles. The summed E-state index contributed by atoms with van der Waals surface area (Å²) >= 11 is 9.47. The molecule has 5 nitrogen and oxygen atoms in total. The van der Waals surface area contributed by atoms with Crippen LogP contribution in [0.1, 0.15) is 42.6 Å². The monoisotopic (exact) mass is 453 g/mol. The number of hydrogen-bond acceptors (Lipinski definition) is 4. The fraction of sp³-hybridized carbons (Fsp3) is 0.300. The van der Waals surface area contributed by atoms with Gasteiger partial charge in [-0.2, -0.15) is 0 Å². The summed E-state index contributed by atoms with van der Waals surface area (Å²) in [6.07, 6.45) is 0. The summed E-state index contributed by atoms with van der Waals surface area (Å²) in [5, 5.41) is 2.94. The van der Waals surface area contributed by atoms with Gasteiger partial charge in [0.05, 0.1) is 21.7 Å². The summed E-state index contributed by atoms with van der Waals surface area (Å²) in [4.78, 5) is 24.0. The number of amides is 1. The molecule has 1 N–H and O–H groups in total. The van der Waals surface area contributed by atoms with E-state index in [1.165, 1.54) is 17.7 Å². The maximum absolute atomic E-state index is 12.2. The quantitative estimate of drug-likeness (QED) is 0.567. The van der Waals surface area contributed by atoms with Crippen molar-refractivity contribution in [2.24, 2.45) is 0 Å². The zero-order valence-electron chi connectivity index (χ0n) is 15.3. The van der Waals surface area contributed by atoms with Crippen molar-refractivity contribution in [1.29, 1.82) is 0 Å². The molecule has 0 fully saturated rings. The van der Waals surface area contributed by atoms with Gasteiger partial charge in [-0.1, -0.05) is 31.5 Å². The van der Waals surface area contributed by atoms with Gasteiger partial charge < -0.3 is 14.8 Å². The summed E-state index contributed by atoms with van der Waals surface area (Å²) in [7, 11) is 0. The molecule has 0 heterocycles. The number of nitrogens with one attached hydrogen (secondary N) is 1. The van der Waals surface area contributed by atoms with Crippen LogP contribution in [0.15, 0.2) is 40.9 Å². The van der Waals surface area contributed by atoms with Crippen LogP contribution in [0.2, 0.25) is 5.02 Å². The minimum absolute atomic E-state index is 0.170. The first-order chi connectivity index (χ1) is 12.8. The molecule has 7 heteroatoms. The van der Waals surface area contributed by atoms with Crippen LogP contribution in [0.5, 0.6) is 5.75 Å². The number of hydrogen-bond donors (Lipinski definition) is 1. The van der Waals surface area contributed by atoms with Gasteiger partial charge in [0, 0.05) is 5.69 Å². The van der Waals surface area contributed by atoms with E-state index in [4.69, 9.17) is 21.1 Å². The molecule has 0 unspecified atom stereocenters. The third kappa shape index (κ3) is 5.97. The number of rotatable bonds is 7. The highest BCUT2D eigenvalue weighted by Crippen LogP contribution is 2.29. The van der Waals surface area contributed by atoms with E-state index in [9.17, 15) is 9.59 Å². The SMILES string of the molecule is CCOC(=O)c1cc(NC(=O)COc2ccc(C(C)C)cc2Br)ccc1Cl. The molecule has 0 saturated carbocycles. The molecule has 2 rings (SSSR count). The van der Waals surface area contributed by atoms with E-state index in [1.54, 1.807) is 13.0 Å². The van der Waals surface area contributed by atoms with Crippen molar-refractivity contribution in [3.05, 3.63) is 57.0 Å². The number of benzene rings is 2. The van der Waals surface area contributed by atoms with Crippen molar-refractivity contribution >= 4 is 45.1 Å². The van der Waals surface area contributed by atoms with E-state index in [0.29, 0.717) is 17.4 Å². The average Bonchev–Trinajstić information content (AvgIpc) is 2.62. The van der Waals surface area contributed by atoms with E-state index in [1.807, 2.05) is 18.2 Å². The lowest BCUT2D eigenvalue weighted by atomic mass is 10.0. The molecular weight excluding hydrogens is 434 g/mol. The molecule has 144 valence electrons. The van der Waals surface area contributed by atoms with Crippen LogP contribution in [-0.2, 0) is 9.53 Å².